The van der Waals surface area contributed by atoms with Crippen LogP contribution in [-0.2, 0) is 0 Å². The van der Waals surface area contributed by atoms with E-state index in [0.29, 0.717) is 17.4 Å². The Bertz CT molecular complexity index is 393. The van der Waals surface area contributed by atoms with Crippen molar-refractivity contribution in [3.8, 4) is 11.8 Å². The number of nitrogens with zero attached hydrogens (tertiary/aromatic N) is 2. The summed E-state index contributed by atoms with van der Waals surface area (Å²) in [4.78, 5) is 3.97. The molecular weight excluding hydrogens is 202 g/mol. The highest BCUT2D eigenvalue weighted by Gasteiger charge is 2.22. The standard InChI is InChI=1S/C12H15N3O/c1-9(12-3-2-4-15-12)16-11-5-10(6-13)7-14-8-11/h5,7-9,12,15H,2-4H2,1H3/t9?,12-/m0/s1. The smallest absolute Gasteiger partial charge is 0.139 e. The largest absolute Gasteiger partial charge is 0.487 e. The van der Waals surface area contributed by atoms with Gasteiger partial charge in [0.25, 0.3) is 0 Å². The number of aromatic nitrogens is 1. The Kier molecular flexibility index (Phi) is 3.37. The summed E-state index contributed by atoms with van der Waals surface area (Å²) in [5, 5.41) is 12.1. The summed E-state index contributed by atoms with van der Waals surface area (Å²) < 4.78 is 5.76. The van der Waals surface area contributed by atoms with Crippen molar-refractivity contribution < 1.29 is 4.74 Å². The van der Waals surface area contributed by atoms with Gasteiger partial charge in [0.15, 0.2) is 0 Å². The van der Waals surface area contributed by atoms with Gasteiger partial charge in [-0.3, -0.25) is 4.98 Å². The van der Waals surface area contributed by atoms with Crippen LogP contribution in [0.5, 0.6) is 5.75 Å². The molecule has 84 valence electrons. The normalized spacial score (nSPS) is 21.4. The van der Waals surface area contributed by atoms with Crippen molar-refractivity contribution in [1.82, 2.24) is 10.3 Å². The van der Waals surface area contributed by atoms with Crippen molar-refractivity contribution in [2.45, 2.75) is 31.9 Å². The second-order valence-electron chi connectivity index (χ2n) is 4.05. The van der Waals surface area contributed by atoms with Gasteiger partial charge in [-0.25, -0.2) is 0 Å². The van der Waals surface area contributed by atoms with Gasteiger partial charge in [-0.2, -0.15) is 5.26 Å². The number of nitrogens with one attached hydrogen (secondary N) is 1. The molecule has 2 rings (SSSR count). The van der Waals surface area contributed by atoms with Gasteiger partial charge in [0.05, 0.1) is 11.8 Å². The van der Waals surface area contributed by atoms with Crippen molar-refractivity contribution in [3.05, 3.63) is 24.0 Å². The molecular formula is C12H15N3O. The Morgan fingerprint density at radius 3 is 3.19 bits per heavy atom. The maximum absolute atomic E-state index is 8.75. The molecule has 1 saturated heterocycles. The molecule has 0 bridgehead atoms. The lowest BCUT2D eigenvalue weighted by molar-refractivity contribution is 0.179. The number of nitriles is 1. The molecule has 2 atom stereocenters. The van der Waals surface area contributed by atoms with Gasteiger partial charge >= 0.3 is 0 Å². The minimum atomic E-state index is 0.109. The van der Waals surface area contributed by atoms with E-state index >= 15 is 0 Å². The van der Waals surface area contributed by atoms with Crippen LogP contribution in [0.15, 0.2) is 18.5 Å². The van der Waals surface area contributed by atoms with Crippen LogP contribution in [-0.4, -0.2) is 23.7 Å². The minimum absolute atomic E-state index is 0.109. The number of rotatable bonds is 3. The van der Waals surface area contributed by atoms with Crippen LogP contribution in [0.3, 0.4) is 0 Å². The van der Waals surface area contributed by atoms with E-state index in [0.717, 1.165) is 13.0 Å². The van der Waals surface area contributed by atoms with Gasteiger partial charge < -0.3 is 10.1 Å². The molecule has 0 aromatic carbocycles. The van der Waals surface area contributed by atoms with Crippen LogP contribution >= 0.6 is 0 Å². The molecule has 1 fully saturated rings. The molecule has 16 heavy (non-hydrogen) atoms. The van der Waals surface area contributed by atoms with E-state index in [1.54, 1.807) is 12.3 Å². The fourth-order valence-corrected chi connectivity index (χ4v) is 1.95. The molecule has 0 radical (unpaired) electrons. The Morgan fingerprint density at radius 2 is 2.50 bits per heavy atom. The van der Waals surface area contributed by atoms with Crippen molar-refractivity contribution in [2.24, 2.45) is 0 Å². The first-order chi connectivity index (χ1) is 7.79. The van der Waals surface area contributed by atoms with Crippen LogP contribution in [0.1, 0.15) is 25.3 Å². The summed E-state index contributed by atoms with van der Waals surface area (Å²) in [6.45, 7) is 3.11. The molecule has 1 unspecified atom stereocenters. The van der Waals surface area contributed by atoms with Crippen LogP contribution in [0.4, 0.5) is 0 Å². The summed E-state index contributed by atoms with van der Waals surface area (Å²) >= 11 is 0. The third-order valence-corrected chi connectivity index (χ3v) is 2.83. The lowest BCUT2D eigenvalue weighted by Crippen LogP contribution is -2.36. The van der Waals surface area contributed by atoms with Crippen LogP contribution in [0.2, 0.25) is 0 Å². The number of ether oxygens (including phenoxy) is 1. The molecule has 0 amide bonds. The first-order valence-electron chi connectivity index (χ1n) is 5.55. The lowest BCUT2D eigenvalue weighted by atomic mass is 10.1. The Labute approximate surface area is 95.3 Å². The Balaban J connectivity index is 2.00. The zero-order valence-corrected chi connectivity index (χ0v) is 9.31. The molecule has 1 aromatic rings. The van der Waals surface area contributed by atoms with Crippen LogP contribution < -0.4 is 10.1 Å². The minimum Gasteiger partial charge on any atom is -0.487 e. The van der Waals surface area contributed by atoms with E-state index in [1.165, 1.54) is 12.6 Å². The molecule has 1 aromatic heterocycles. The van der Waals surface area contributed by atoms with Gasteiger partial charge in [0.1, 0.15) is 17.9 Å². The van der Waals surface area contributed by atoms with Gasteiger partial charge in [-0.05, 0) is 26.3 Å². The van der Waals surface area contributed by atoms with E-state index in [9.17, 15) is 0 Å². The number of pyridine rings is 1. The molecule has 0 spiro atoms. The third kappa shape index (κ3) is 2.50. The fourth-order valence-electron chi connectivity index (χ4n) is 1.95. The van der Waals surface area contributed by atoms with E-state index in [-0.39, 0.29) is 6.10 Å². The second kappa shape index (κ2) is 4.95. The Morgan fingerprint density at radius 1 is 1.62 bits per heavy atom. The maximum Gasteiger partial charge on any atom is 0.139 e. The molecule has 1 aliphatic rings. The van der Waals surface area contributed by atoms with Gasteiger partial charge in [0, 0.05) is 18.3 Å². The third-order valence-electron chi connectivity index (χ3n) is 2.83. The highest BCUT2D eigenvalue weighted by Crippen LogP contribution is 2.17. The van der Waals surface area contributed by atoms with Crippen molar-refractivity contribution >= 4 is 0 Å². The maximum atomic E-state index is 8.75. The summed E-state index contributed by atoms with van der Waals surface area (Å²) in [6.07, 6.45) is 5.64. The summed E-state index contributed by atoms with van der Waals surface area (Å²) in [6, 6.07) is 4.18. The monoisotopic (exact) mass is 217 g/mol. The highest BCUT2D eigenvalue weighted by molar-refractivity contribution is 5.32. The summed E-state index contributed by atoms with van der Waals surface area (Å²) in [5.74, 6) is 0.667. The van der Waals surface area contributed by atoms with E-state index < -0.39 is 0 Å². The summed E-state index contributed by atoms with van der Waals surface area (Å²) in [5.41, 5.74) is 0.532. The molecule has 2 heterocycles. The zero-order valence-electron chi connectivity index (χ0n) is 9.31. The van der Waals surface area contributed by atoms with Crippen molar-refractivity contribution in [3.63, 3.8) is 0 Å². The number of hydrogen-bond acceptors (Lipinski definition) is 4. The van der Waals surface area contributed by atoms with Crippen molar-refractivity contribution in [1.29, 1.82) is 5.26 Å². The molecule has 1 N–H and O–H groups in total. The first-order valence-corrected chi connectivity index (χ1v) is 5.55. The molecule has 4 heteroatoms. The quantitative estimate of drug-likeness (QED) is 0.833. The Hall–Kier alpha value is -1.60. The lowest BCUT2D eigenvalue weighted by Gasteiger charge is -2.20. The van der Waals surface area contributed by atoms with Gasteiger partial charge in [-0.15, -0.1) is 0 Å². The van der Waals surface area contributed by atoms with E-state index in [1.807, 2.05) is 6.92 Å². The zero-order chi connectivity index (χ0) is 11.4. The predicted octanol–water partition coefficient (Wildman–Crippen LogP) is 1.47. The fraction of sp³-hybridized carbons (Fsp3) is 0.500. The predicted molar refractivity (Wildman–Crippen MR) is 60.1 cm³/mol. The molecule has 0 aliphatic carbocycles. The average Bonchev–Trinajstić information content (AvgIpc) is 2.83. The second-order valence-corrected chi connectivity index (χ2v) is 4.05. The molecule has 1 aliphatic heterocycles. The highest BCUT2D eigenvalue weighted by atomic mass is 16.5. The molecule has 4 nitrogen and oxygen atoms in total. The van der Waals surface area contributed by atoms with E-state index in [2.05, 4.69) is 16.4 Å². The van der Waals surface area contributed by atoms with Crippen molar-refractivity contribution in [2.75, 3.05) is 6.54 Å². The van der Waals surface area contributed by atoms with Gasteiger partial charge in [-0.1, -0.05) is 0 Å². The van der Waals surface area contributed by atoms with Crippen LogP contribution in [0, 0.1) is 11.3 Å². The number of hydrogen-bond donors (Lipinski definition) is 1. The van der Waals surface area contributed by atoms with Gasteiger partial charge in [0.2, 0.25) is 0 Å². The summed E-state index contributed by atoms with van der Waals surface area (Å²) in [7, 11) is 0. The van der Waals surface area contributed by atoms with E-state index in [4.69, 9.17) is 10.00 Å². The molecule has 0 saturated carbocycles. The SMILES string of the molecule is CC(Oc1cncc(C#N)c1)[C@@H]1CCCN1. The van der Waals surface area contributed by atoms with Crippen LogP contribution in [0.25, 0.3) is 0 Å². The first kappa shape index (κ1) is 10.9. The topological polar surface area (TPSA) is 57.9 Å². The average molecular weight is 217 g/mol.